The largest absolute Gasteiger partial charge is 0.494 e. The Morgan fingerprint density at radius 1 is 1.26 bits per heavy atom. The van der Waals surface area contributed by atoms with Crippen molar-refractivity contribution in [3.8, 4) is 5.88 Å². The van der Waals surface area contributed by atoms with Crippen molar-refractivity contribution in [3.05, 3.63) is 58.6 Å². The lowest BCUT2D eigenvalue weighted by molar-refractivity contribution is 0.101. The summed E-state index contributed by atoms with van der Waals surface area (Å²) in [5.74, 6) is 0.0390. The number of aliphatic imine (C=N–C) groups is 1. The monoisotopic (exact) mass is 435 g/mol. The minimum absolute atomic E-state index is 0.0390. The number of benzene rings is 2. The van der Waals surface area contributed by atoms with Crippen LogP contribution in [0.25, 0.3) is 10.9 Å². The van der Waals surface area contributed by atoms with E-state index >= 15 is 0 Å². The van der Waals surface area contributed by atoms with Gasteiger partial charge in [0.25, 0.3) is 0 Å². The number of hydrogen-bond acceptors (Lipinski definition) is 6. The highest BCUT2D eigenvalue weighted by Gasteiger charge is 2.37. The van der Waals surface area contributed by atoms with Crippen LogP contribution in [0.1, 0.15) is 17.5 Å². The van der Waals surface area contributed by atoms with Gasteiger partial charge in [-0.05, 0) is 30.7 Å². The molecule has 2 bridgehead atoms. The number of nitrogens with one attached hydrogen (secondary N) is 2. The van der Waals surface area contributed by atoms with E-state index in [9.17, 15) is 5.11 Å². The third-order valence-corrected chi connectivity index (χ3v) is 6.62. The Labute approximate surface area is 184 Å². The quantitative estimate of drug-likeness (QED) is 0.423. The summed E-state index contributed by atoms with van der Waals surface area (Å²) in [6.07, 6.45) is 1.22. The highest BCUT2D eigenvalue weighted by atomic mass is 35.5. The number of likely N-dealkylation sites (tertiary alicyclic amines) is 1. The molecule has 2 saturated heterocycles. The van der Waals surface area contributed by atoms with Crippen molar-refractivity contribution in [2.45, 2.75) is 18.5 Å². The summed E-state index contributed by atoms with van der Waals surface area (Å²) in [4.78, 5) is 16.0. The summed E-state index contributed by atoms with van der Waals surface area (Å²) >= 11 is 6.22. The number of aromatic nitrogens is 1. The van der Waals surface area contributed by atoms with Crippen molar-refractivity contribution in [1.29, 1.82) is 0 Å². The van der Waals surface area contributed by atoms with E-state index in [1.54, 1.807) is 6.07 Å². The van der Waals surface area contributed by atoms with E-state index in [1.165, 1.54) is 6.42 Å². The van der Waals surface area contributed by atoms with Crippen LogP contribution in [-0.4, -0.2) is 64.7 Å². The zero-order valence-electron chi connectivity index (χ0n) is 16.8. The van der Waals surface area contributed by atoms with Gasteiger partial charge in [-0.2, -0.15) is 0 Å². The summed E-state index contributed by atoms with van der Waals surface area (Å²) in [6.45, 7) is 3.49. The molecule has 31 heavy (non-hydrogen) atoms. The predicted octanol–water partition coefficient (Wildman–Crippen LogP) is 3.43. The van der Waals surface area contributed by atoms with Crippen LogP contribution in [0.2, 0.25) is 5.02 Å². The maximum absolute atomic E-state index is 10.7. The van der Waals surface area contributed by atoms with Crippen LogP contribution >= 0.6 is 11.6 Å². The van der Waals surface area contributed by atoms with Crippen molar-refractivity contribution in [2.24, 2.45) is 10.1 Å². The molecule has 3 aliphatic heterocycles. The molecule has 2 fully saturated rings. The molecule has 2 atom stereocenters. The van der Waals surface area contributed by atoms with Crippen molar-refractivity contribution in [2.75, 3.05) is 26.2 Å². The minimum Gasteiger partial charge on any atom is -0.494 e. The Hall–Kier alpha value is -2.87. The van der Waals surface area contributed by atoms with Gasteiger partial charge >= 0.3 is 0 Å². The van der Waals surface area contributed by atoms with Crippen LogP contribution < -0.4 is 5.32 Å². The van der Waals surface area contributed by atoms with Crippen LogP contribution in [0, 0.1) is 0 Å². The van der Waals surface area contributed by atoms with Gasteiger partial charge in [0.05, 0.1) is 11.3 Å². The first-order valence-corrected chi connectivity index (χ1v) is 10.9. The molecule has 3 aromatic rings. The smallest absolute Gasteiger partial charge is 0.199 e. The fourth-order valence-electron chi connectivity index (χ4n) is 4.92. The summed E-state index contributed by atoms with van der Waals surface area (Å²) < 4.78 is 0. The van der Waals surface area contributed by atoms with Crippen LogP contribution in [0.15, 0.2) is 52.6 Å². The molecule has 8 heteroatoms. The molecule has 3 N–H and O–H groups in total. The van der Waals surface area contributed by atoms with Crippen LogP contribution in [0.4, 0.5) is 5.69 Å². The molecule has 1 aromatic heterocycles. The topological polar surface area (TPSA) is 85.2 Å². The highest BCUT2D eigenvalue weighted by Crippen LogP contribution is 2.36. The van der Waals surface area contributed by atoms with E-state index in [1.807, 2.05) is 36.4 Å². The number of halogens is 1. The van der Waals surface area contributed by atoms with Gasteiger partial charge in [0.1, 0.15) is 18.0 Å². The fourth-order valence-corrected chi connectivity index (χ4v) is 5.09. The van der Waals surface area contributed by atoms with Gasteiger partial charge in [-0.25, -0.2) is 4.99 Å². The Morgan fingerprint density at radius 3 is 3.00 bits per heavy atom. The average molecular weight is 436 g/mol. The zero-order valence-corrected chi connectivity index (χ0v) is 17.6. The van der Waals surface area contributed by atoms with Crippen molar-refractivity contribution < 1.29 is 9.94 Å². The normalized spacial score (nSPS) is 23.6. The van der Waals surface area contributed by atoms with Crippen molar-refractivity contribution in [1.82, 2.24) is 15.2 Å². The fraction of sp³-hybridized carbons (Fsp3) is 0.304. The molecule has 4 heterocycles. The van der Waals surface area contributed by atoms with E-state index in [2.05, 4.69) is 20.4 Å². The first kappa shape index (κ1) is 18.9. The number of nitrogens with zero attached hydrogens (tertiary/aromatic N) is 3. The van der Waals surface area contributed by atoms with Crippen LogP contribution in [-0.2, 0) is 4.84 Å². The predicted molar refractivity (Wildman–Crippen MR) is 122 cm³/mol. The number of rotatable bonds is 5. The number of fused-ring (bicyclic) bond motifs is 4. The molecular weight excluding hydrogens is 414 g/mol. The zero-order chi connectivity index (χ0) is 20.9. The van der Waals surface area contributed by atoms with Gasteiger partial charge in [-0.15, -0.1) is 0 Å². The lowest BCUT2D eigenvalue weighted by Gasteiger charge is -2.26. The summed E-state index contributed by atoms with van der Waals surface area (Å²) in [7, 11) is 0. The molecular formula is C23H22ClN5O2. The summed E-state index contributed by atoms with van der Waals surface area (Å²) in [5, 5.41) is 20.1. The molecule has 0 spiro atoms. The second-order valence-corrected chi connectivity index (χ2v) is 8.72. The van der Waals surface area contributed by atoms with E-state index in [0.29, 0.717) is 40.7 Å². The van der Waals surface area contributed by atoms with Gasteiger partial charge in [-0.3, -0.25) is 4.90 Å². The maximum atomic E-state index is 10.7. The maximum Gasteiger partial charge on any atom is 0.199 e. The minimum atomic E-state index is 0.0390. The first-order chi connectivity index (χ1) is 15.2. The summed E-state index contributed by atoms with van der Waals surface area (Å²) in [5.41, 5.74) is 4.26. The Kier molecular flexibility index (Phi) is 4.49. The SMILES string of the molecule is Oc1[nH]c2ccc(Cl)cc2c1C1=Nc2ccccc2C1=NOCCN1C[C@@H]2C[C@H]1CN2. The molecule has 0 amide bonds. The molecule has 3 aliphatic rings. The van der Waals surface area contributed by atoms with Gasteiger partial charge in [0.2, 0.25) is 0 Å². The third kappa shape index (κ3) is 3.20. The Morgan fingerprint density at radius 2 is 2.16 bits per heavy atom. The molecule has 2 aromatic carbocycles. The number of aromatic hydroxyl groups is 1. The molecule has 6 rings (SSSR count). The van der Waals surface area contributed by atoms with Gasteiger partial charge in [-0.1, -0.05) is 35.0 Å². The number of oxime groups is 1. The molecule has 0 unspecified atom stereocenters. The van der Waals surface area contributed by atoms with Gasteiger partial charge in [0.15, 0.2) is 5.88 Å². The average Bonchev–Trinajstić information content (AvgIpc) is 3.52. The number of para-hydroxylation sites is 1. The number of piperazine rings is 1. The van der Waals surface area contributed by atoms with E-state index in [-0.39, 0.29) is 5.88 Å². The van der Waals surface area contributed by atoms with Crippen LogP contribution in [0.5, 0.6) is 5.88 Å². The molecule has 0 radical (unpaired) electrons. The Bertz CT molecular complexity index is 1230. The van der Waals surface area contributed by atoms with Gasteiger partial charge in [0, 0.05) is 53.2 Å². The first-order valence-electron chi connectivity index (χ1n) is 10.5. The molecule has 158 valence electrons. The summed E-state index contributed by atoms with van der Waals surface area (Å²) in [6, 6.07) is 14.5. The second-order valence-electron chi connectivity index (χ2n) is 8.28. The molecule has 7 nitrogen and oxygen atoms in total. The van der Waals surface area contributed by atoms with E-state index in [4.69, 9.17) is 21.4 Å². The highest BCUT2D eigenvalue weighted by molar-refractivity contribution is 6.58. The van der Waals surface area contributed by atoms with E-state index < -0.39 is 0 Å². The number of aromatic amines is 1. The lowest BCUT2D eigenvalue weighted by atomic mass is 10.0. The van der Waals surface area contributed by atoms with Gasteiger partial charge < -0.3 is 20.2 Å². The lowest BCUT2D eigenvalue weighted by Crippen LogP contribution is -2.44. The third-order valence-electron chi connectivity index (χ3n) is 6.39. The molecule has 0 aliphatic carbocycles. The van der Waals surface area contributed by atoms with E-state index in [0.717, 1.165) is 41.8 Å². The van der Waals surface area contributed by atoms with Crippen molar-refractivity contribution >= 4 is 39.6 Å². The second kappa shape index (κ2) is 7.37. The number of H-pyrrole nitrogens is 1. The Balaban J connectivity index is 1.31. The van der Waals surface area contributed by atoms with Crippen LogP contribution in [0.3, 0.4) is 0 Å². The standard InChI is InChI=1S/C23H22ClN5O2/c24-13-5-6-19-17(9-13)20(23(30)27-19)22-21(16-3-1-2-4-18(16)26-22)28-31-8-7-29-12-14-10-15(29)11-25-14/h1-6,9,14-15,25,27,30H,7-8,10-12H2/t14-,15-/m0/s1. The molecule has 0 saturated carbocycles. The number of hydrogen-bond donors (Lipinski definition) is 3. The van der Waals surface area contributed by atoms with Crippen molar-refractivity contribution in [3.63, 3.8) is 0 Å².